The number of carbonyl (C=O) groups is 1. The summed E-state index contributed by atoms with van der Waals surface area (Å²) in [5.41, 5.74) is -0.300. The Bertz CT molecular complexity index is 542. The number of rotatable bonds is 2. The van der Waals surface area contributed by atoms with Crippen LogP contribution in [0.25, 0.3) is 0 Å². The van der Waals surface area contributed by atoms with Gasteiger partial charge in [0.1, 0.15) is 0 Å². The van der Waals surface area contributed by atoms with Gasteiger partial charge in [-0.25, -0.2) is 9.97 Å². The molecule has 1 atom stereocenters. The maximum Gasteiger partial charge on any atom is 0.225 e. The number of carbonyl (C=O) groups excluding carboxylic acids is 1. The molecule has 1 aromatic rings. The summed E-state index contributed by atoms with van der Waals surface area (Å²) in [5, 5.41) is 9.76. The Kier molecular flexibility index (Phi) is 3.80. The van der Waals surface area contributed by atoms with Crippen molar-refractivity contribution in [3.05, 3.63) is 18.5 Å². The van der Waals surface area contributed by atoms with E-state index in [0.29, 0.717) is 0 Å². The lowest BCUT2D eigenvalue weighted by Gasteiger charge is -2.39. The van der Waals surface area contributed by atoms with Crippen molar-refractivity contribution < 1.29 is 9.90 Å². The Balaban J connectivity index is 1.72. The first-order chi connectivity index (χ1) is 10.5. The first-order valence-electron chi connectivity index (χ1n) is 7.89. The summed E-state index contributed by atoms with van der Waals surface area (Å²) in [4.78, 5) is 24.6. The molecule has 0 radical (unpaired) electrons. The molecule has 2 aliphatic heterocycles. The van der Waals surface area contributed by atoms with E-state index < -0.39 is 5.54 Å². The van der Waals surface area contributed by atoms with Crippen LogP contribution in [-0.2, 0) is 4.79 Å². The molecule has 1 amide bonds. The molecule has 6 nitrogen and oxygen atoms in total. The Morgan fingerprint density at radius 1 is 1.32 bits per heavy atom. The van der Waals surface area contributed by atoms with Crippen LogP contribution in [0.4, 0.5) is 5.95 Å². The number of piperidine rings is 1. The fraction of sp³-hybridized carbons (Fsp3) is 0.688. The normalized spacial score (nSPS) is 27.4. The van der Waals surface area contributed by atoms with Gasteiger partial charge in [0.2, 0.25) is 11.9 Å². The minimum atomic E-state index is -0.419. The van der Waals surface area contributed by atoms with Crippen molar-refractivity contribution in [2.45, 2.75) is 38.6 Å². The molecule has 3 rings (SSSR count). The highest BCUT2D eigenvalue weighted by Gasteiger charge is 2.52. The number of amides is 1. The number of likely N-dealkylation sites (tertiary alicyclic amines) is 1. The quantitative estimate of drug-likeness (QED) is 0.885. The molecule has 0 saturated carbocycles. The van der Waals surface area contributed by atoms with Gasteiger partial charge in [-0.15, -0.1) is 0 Å². The van der Waals surface area contributed by atoms with Crippen molar-refractivity contribution in [2.75, 3.05) is 31.1 Å². The van der Waals surface area contributed by atoms with Crippen molar-refractivity contribution in [3.8, 4) is 0 Å². The number of nitrogens with zero attached hydrogens (tertiary/aromatic N) is 4. The van der Waals surface area contributed by atoms with Crippen LogP contribution in [0.1, 0.15) is 33.1 Å². The topological polar surface area (TPSA) is 69.6 Å². The molecule has 2 fully saturated rings. The predicted molar refractivity (Wildman–Crippen MR) is 83.4 cm³/mol. The van der Waals surface area contributed by atoms with E-state index >= 15 is 0 Å². The van der Waals surface area contributed by atoms with E-state index in [4.69, 9.17) is 0 Å². The zero-order valence-electron chi connectivity index (χ0n) is 13.3. The number of aromatic nitrogens is 2. The molecule has 1 N–H and O–H groups in total. The fourth-order valence-electron chi connectivity index (χ4n) is 4.09. The number of hydrogen-bond donors (Lipinski definition) is 1. The fourth-order valence-corrected chi connectivity index (χ4v) is 4.09. The Labute approximate surface area is 131 Å². The van der Waals surface area contributed by atoms with Gasteiger partial charge in [-0.05, 0) is 37.7 Å². The lowest BCUT2D eigenvalue weighted by Crippen LogP contribution is -2.46. The number of aliphatic hydroxyl groups excluding tert-OH is 1. The molecule has 2 saturated heterocycles. The molecule has 3 heterocycles. The van der Waals surface area contributed by atoms with Crippen LogP contribution >= 0.6 is 0 Å². The second kappa shape index (κ2) is 5.50. The van der Waals surface area contributed by atoms with Crippen LogP contribution in [0.3, 0.4) is 0 Å². The van der Waals surface area contributed by atoms with E-state index in [-0.39, 0.29) is 17.9 Å². The van der Waals surface area contributed by atoms with Crippen molar-refractivity contribution in [2.24, 2.45) is 5.41 Å². The minimum Gasteiger partial charge on any atom is -0.394 e. The van der Waals surface area contributed by atoms with E-state index in [2.05, 4.69) is 14.9 Å². The summed E-state index contributed by atoms with van der Waals surface area (Å²) in [7, 11) is 0. The molecule has 22 heavy (non-hydrogen) atoms. The molecule has 1 spiro atoms. The van der Waals surface area contributed by atoms with Crippen LogP contribution in [0.5, 0.6) is 0 Å². The Hall–Kier alpha value is -1.69. The highest BCUT2D eigenvalue weighted by atomic mass is 16.3. The standard InChI is InChI=1S/C16H24N4O2/c1-13(22)20-11-16(10-15(20,2)12-21)4-8-19(9-5-16)14-17-6-3-7-18-14/h3,6-7,21H,4-5,8-12H2,1-2H3. The average molecular weight is 304 g/mol. The molecule has 0 aromatic carbocycles. The molecular weight excluding hydrogens is 280 g/mol. The van der Waals surface area contributed by atoms with Crippen molar-refractivity contribution in [1.29, 1.82) is 0 Å². The maximum atomic E-state index is 11.9. The van der Waals surface area contributed by atoms with E-state index in [1.165, 1.54) is 0 Å². The molecule has 120 valence electrons. The Morgan fingerprint density at radius 2 is 1.95 bits per heavy atom. The van der Waals surface area contributed by atoms with E-state index in [1.54, 1.807) is 19.3 Å². The lowest BCUT2D eigenvalue weighted by molar-refractivity contribution is -0.133. The second-order valence-electron chi connectivity index (χ2n) is 6.97. The van der Waals surface area contributed by atoms with Crippen molar-refractivity contribution in [1.82, 2.24) is 14.9 Å². The third-order valence-electron chi connectivity index (χ3n) is 5.28. The summed E-state index contributed by atoms with van der Waals surface area (Å²) in [5.74, 6) is 0.839. The van der Waals surface area contributed by atoms with E-state index in [1.807, 2.05) is 17.9 Å². The van der Waals surface area contributed by atoms with Crippen LogP contribution < -0.4 is 4.90 Å². The molecule has 2 aliphatic rings. The molecule has 0 bridgehead atoms. The first kappa shape index (κ1) is 15.2. The third-order valence-corrected chi connectivity index (χ3v) is 5.28. The van der Waals surface area contributed by atoms with Crippen molar-refractivity contribution >= 4 is 11.9 Å². The number of anilines is 1. The second-order valence-corrected chi connectivity index (χ2v) is 6.97. The summed E-state index contributed by atoms with van der Waals surface area (Å²) in [6.07, 6.45) is 6.42. The van der Waals surface area contributed by atoms with Gasteiger partial charge in [0, 0.05) is 39.0 Å². The molecule has 6 heteroatoms. The summed E-state index contributed by atoms with van der Waals surface area (Å²) >= 11 is 0. The monoisotopic (exact) mass is 304 g/mol. The number of aliphatic hydroxyl groups is 1. The van der Waals surface area contributed by atoms with Gasteiger partial charge < -0.3 is 14.9 Å². The van der Waals surface area contributed by atoms with Gasteiger partial charge in [0.05, 0.1) is 12.1 Å². The number of hydrogen-bond acceptors (Lipinski definition) is 5. The first-order valence-corrected chi connectivity index (χ1v) is 7.89. The Morgan fingerprint density at radius 3 is 2.45 bits per heavy atom. The molecule has 1 unspecified atom stereocenters. The van der Waals surface area contributed by atoms with Gasteiger partial charge in [0.15, 0.2) is 0 Å². The highest BCUT2D eigenvalue weighted by Crippen LogP contribution is 2.48. The summed E-state index contributed by atoms with van der Waals surface area (Å²) < 4.78 is 0. The van der Waals surface area contributed by atoms with Crippen LogP contribution in [0.2, 0.25) is 0 Å². The van der Waals surface area contributed by atoms with Gasteiger partial charge in [-0.2, -0.15) is 0 Å². The zero-order valence-corrected chi connectivity index (χ0v) is 13.3. The molecule has 1 aromatic heterocycles. The van der Waals surface area contributed by atoms with Gasteiger partial charge in [-0.1, -0.05) is 0 Å². The van der Waals surface area contributed by atoms with E-state index in [0.717, 1.165) is 44.8 Å². The highest BCUT2D eigenvalue weighted by molar-refractivity contribution is 5.74. The summed E-state index contributed by atoms with van der Waals surface area (Å²) in [6.45, 7) is 6.17. The van der Waals surface area contributed by atoms with Crippen LogP contribution in [0.15, 0.2) is 18.5 Å². The zero-order chi connectivity index (χ0) is 15.8. The SMILES string of the molecule is CC(=O)N1CC2(CCN(c3ncccn3)CC2)CC1(C)CO. The minimum absolute atomic E-state index is 0.0276. The summed E-state index contributed by atoms with van der Waals surface area (Å²) in [6, 6.07) is 1.82. The smallest absolute Gasteiger partial charge is 0.225 e. The van der Waals surface area contributed by atoms with Crippen LogP contribution in [0, 0.1) is 5.41 Å². The largest absolute Gasteiger partial charge is 0.394 e. The van der Waals surface area contributed by atoms with Crippen LogP contribution in [-0.4, -0.2) is 57.7 Å². The maximum absolute atomic E-state index is 11.9. The van der Waals surface area contributed by atoms with Gasteiger partial charge >= 0.3 is 0 Å². The van der Waals surface area contributed by atoms with E-state index in [9.17, 15) is 9.90 Å². The van der Waals surface area contributed by atoms with Gasteiger partial charge in [-0.3, -0.25) is 4.79 Å². The third kappa shape index (κ3) is 2.56. The molecule has 0 aliphatic carbocycles. The lowest BCUT2D eigenvalue weighted by atomic mass is 9.74. The molecular formula is C16H24N4O2. The van der Waals surface area contributed by atoms with Crippen molar-refractivity contribution in [3.63, 3.8) is 0 Å². The van der Waals surface area contributed by atoms with Gasteiger partial charge in [0.25, 0.3) is 0 Å². The average Bonchev–Trinajstić information content (AvgIpc) is 2.83. The predicted octanol–water partition coefficient (Wildman–Crippen LogP) is 1.07.